The van der Waals surface area contributed by atoms with E-state index in [9.17, 15) is 4.79 Å². The molecular weight excluding hydrogens is 415 g/mol. The third kappa shape index (κ3) is 4.35. The van der Waals surface area contributed by atoms with Crippen molar-refractivity contribution in [2.24, 2.45) is 0 Å². The quantitative estimate of drug-likeness (QED) is 0.593. The summed E-state index contributed by atoms with van der Waals surface area (Å²) in [5.74, 6) is 0.644. The number of halogens is 2. The minimum absolute atomic E-state index is 0.178. The van der Waals surface area contributed by atoms with Crippen LogP contribution >= 0.6 is 46.3 Å². The van der Waals surface area contributed by atoms with Gasteiger partial charge in [-0.2, -0.15) is 0 Å². The molecule has 1 N–H and O–H groups in total. The average molecular weight is 429 g/mol. The second-order valence-corrected chi connectivity index (χ2v) is 8.11. The first-order valence-corrected chi connectivity index (χ1v) is 10.1. The van der Waals surface area contributed by atoms with E-state index in [2.05, 4.69) is 25.7 Å². The lowest BCUT2D eigenvalue weighted by atomic mass is 10.2. The van der Waals surface area contributed by atoms with Crippen molar-refractivity contribution in [1.82, 2.24) is 25.0 Å². The Bertz CT molecular complexity index is 942. The SMILES string of the molecule is CCn1c(SCC(=O)Nc2nnc(C)s2)nnc1-c1ccc(Cl)cc1Cl. The van der Waals surface area contributed by atoms with Crippen molar-refractivity contribution in [2.45, 2.75) is 25.5 Å². The molecule has 0 bridgehead atoms. The molecule has 136 valence electrons. The van der Waals surface area contributed by atoms with Gasteiger partial charge >= 0.3 is 0 Å². The molecule has 0 atom stereocenters. The van der Waals surface area contributed by atoms with Gasteiger partial charge in [-0.3, -0.25) is 10.1 Å². The number of amides is 1. The number of nitrogens with one attached hydrogen (secondary N) is 1. The molecule has 7 nitrogen and oxygen atoms in total. The summed E-state index contributed by atoms with van der Waals surface area (Å²) < 4.78 is 1.90. The molecule has 1 amide bonds. The van der Waals surface area contributed by atoms with Gasteiger partial charge in [0.05, 0.1) is 10.8 Å². The molecule has 1 aromatic carbocycles. The third-order valence-electron chi connectivity index (χ3n) is 3.31. The van der Waals surface area contributed by atoms with Gasteiger partial charge in [-0.1, -0.05) is 46.3 Å². The van der Waals surface area contributed by atoms with E-state index >= 15 is 0 Å². The summed E-state index contributed by atoms with van der Waals surface area (Å²) >= 11 is 14.8. The van der Waals surface area contributed by atoms with Crippen LogP contribution in [0.3, 0.4) is 0 Å². The molecule has 2 heterocycles. The van der Waals surface area contributed by atoms with Gasteiger partial charge in [0.25, 0.3) is 0 Å². The van der Waals surface area contributed by atoms with Crippen LogP contribution in [0.25, 0.3) is 11.4 Å². The average Bonchev–Trinajstić information content (AvgIpc) is 3.18. The minimum Gasteiger partial charge on any atom is -0.302 e. The number of benzene rings is 1. The Morgan fingerprint density at radius 3 is 2.73 bits per heavy atom. The number of anilines is 1. The highest BCUT2D eigenvalue weighted by Gasteiger charge is 2.17. The van der Waals surface area contributed by atoms with Crippen LogP contribution in [0.5, 0.6) is 0 Å². The normalized spacial score (nSPS) is 10.9. The van der Waals surface area contributed by atoms with Crippen LogP contribution in [0.1, 0.15) is 11.9 Å². The summed E-state index contributed by atoms with van der Waals surface area (Å²) in [5.41, 5.74) is 0.742. The molecule has 0 saturated carbocycles. The van der Waals surface area contributed by atoms with Crippen molar-refractivity contribution in [2.75, 3.05) is 11.1 Å². The van der Waals surface area contributed by atoms with Crippen molar-refractivity contribution in [3.8, 4) is 11.4 Å². The maximum Gasteiger partial charge on any atom is 0.236 e. The number of aromatic nitrogens is 5. The summed E-state index contributed by atoms with van der Waals surface area (Å²) in [5, 5.41) is 21.8. The zero-order chi connectivity index (χ0) is 18.7. The van der Waals surface area contributed by atoms with Crippen molar-refractivity contribution in [3.05, 3.63) is 33.3 Å². The number of nitrogens with zero attached hydrogens (tertiary/aromatic N) is 5. The predicted molar refractivity (Wildman–Crippen MR) is 105 cm³/mol. The summed E-state index contributed by atoms with van der Waals surface area (Å²) in [4.78, 5) is 12.1. The first-order valence-electron chi connectivity index (χ1n) is 7.59. The maximum absolute atomic E-state index is 12.1. The van der Waals surface area contributed by atoms with E-state index in [1.807, 2.05) is 18.4 Å². The number of rotatable bonds is 6. The van der Waals surface area contributed by atoms with Crippen LogP contribution in [-0.4, -0.2) is 36.6 Å². The van der Waals surface area contributed by atoms with E-state index in [1.165, 1.54) is 23.1 Å². The van der Waals surface area contributed by atoms with Gasteiger partial charge < -0.3 is 4.57 Å². The van der Waals surface area contributed by atoms with Crippen LogP contribution in [-0.2, 0) is 11.3 Å². The Balaban J connectivity index is 1.73. The number of thioether (sulfide) groups is 1. The Hall–Kier alpha value is -1.68. The summed E-state index contributed by atoms with van der Waals surface area (Å²) in [6, 6.07) is 5.22. The Kier molecular flexibility index (Phi) is 6.13. The molecule has 11 heteroatoms. The molecule has 3 rings (SSSR count). The van der Waals surface area contributed by atoms with Gasteiger partial charge in [-0.05, 0) is 32.0 Å². The molecule has 3 aromatic rings. The highest BCUT2D eigenvalue weighted by atomic mass is 35.5. The van der Waals surface area contributed by atoms with Crippen LogP contribution in [0, 0.1) is 6.92 Å². The first kappa shape index (κ1) is 19.1. The van der Waals surface area contributed by atoms with Crippen molar-refractivity contribution in [3.63, 3.8) is 0 Å². The van der Waals surface area contributed by atoms with Gasteiger partial charge in [-0.25, -0.2) is 0 Å². The molecule has 0 aliphatic rings. The number of hydrogen-bond donors (Lipinski definition) is 1. The van der Waals surface area contributed by atoms with E-state index in [-0.39, 0.29) is 11.7 Å². The smallest absolute Gasteiger partial charge is 0.236 e. The summed E-state index contributed by atoms with van der Waals surface area (Å²) in [7, 11) is 0. The molecular formula is C15H14Cl2N6OS2. The third-order valence-corrected chi connectivity index (χ3v) is 5.58. The highest BCUT2D eigenvalue weighted by molar-refractivity contribution is 7.99. The zero-order valence-electron chi connectivity index (χ0n) is 13.9. The van der Waals surface area contributed by atoms with Crippen molar-refractivity contribution < 1.29 is 4.79 Å². The molecule has 0 saturated heterocycles. The lowest BCUT2D eigenvalue weighted by Crippen LogP contribution is -2.14. The van der Waals surface area contributed by atoms with Gasteiger partial charge in [0, 0.05) is 17.1 Å². The molecule has 0 fully saturated rings. The fourth-order valence-electron chi connectivity index (χ4n) is 2.18. The van der Waals surface area contributed by atoms with Crippen LogP contribution in [0.15, 0.2) is 23.4 Å². The van der Waals surface area contributed by atoms with E-state index in [1.54, 1.807) is 18.2 Å². The standard InChI is InChI=1S/C15H14Cl2N6OS2/c1-3-23-13(10-5-4-9(16)6-11(10)17)20-22-15(23)25-7-12(24)18-14-21-19-8(2)26-14/h4-6H,3,7H2,1-2H3,(H,18,21,24). The van der Waals surface area contributed by atoms with Crippen LogP contribution < -0.4 is 5.32 Å². The fourth-order valence-corrected chi connectivity index (χ4v) is 4.09. The van der Waals surface area contributed by atoms with E-state index < -0.39 is 0 Å². The molecule has 2 aromatic heterocycles. The molecule has 0 aliphatic heterocycles. The second kappa shape index (κ2) is 8.34. The first-order chi connectivity index (χ1) is 12.5. The van der Waals surface area contributed by atoms with E-state index in [0.717, 1.165) is 10.6 Å². The number of hydrogen-bond acceptors (Lipinski definition) is 7. The Morgan fingerprint density at radius 2 is 2.08 bits per heavy atom. The van der Waals surface area contributed by atoms with Gasteiger partial charge in [0.1, 0.15) is 5.01 Å². The second-order valence-electron chi connectivity index (χ2n) is 5.14. The summed E-state index contributed by atoms with van der Waals surface area (Å²) in [6.07, 6.45) is 0. The van der Waals surface area contributed by atoms with Crippen LogP contribution in [0.2, 0.25) is 10.0 Å². The number of carbonyl (C=O) groups is 1. The molecule has 0 spiro atoms. The van der Waals surface area contributed by atoms with Crippen LogP contribution in [0.4, 0.5) is 5.13 Å². The van der Waals surface area contributed by atoms with Gasteiger partial charge in [0.15, 0.2) is 11.0 Å². The predicted octanol–water partition coefficient (Wildman–Crippen LogP) is 4.16. The molecule has 0 unspecified atom stereocenters. The van der Waals surface area contributed by atoms with Gasteiger partial charge in [-0.15, -0.1) is 20.4 Å². The molecule has 0 aliphatic carbocycles. The summed E-state index contributed by atoms with van der Waals surface area (Å²) in [6.45, 7) is 4.45. The highest BCUT2D eigenvalue weighted by Crippen LogP contribution is 2.31. The topological polar surface area (TPSA) is 85.6 Å². The monoisotopic (exact) mass is 428 g/mol. The minimum atomic E-state index is -0.178. The number of aryl methyl sites for hydroxylation is 1. The lowest BCUT2D eigenvalue weighted by Gasteiger charge is -2.08. The Labute approximate surface area is 168 Å². The van der Waals surface area contributed by atoms with Gasteiger partial charge in [0.2, 0.25) is 11.0 Å². The Morgan fingerprint density at radius 1 is 1.27 bits per heavy atom. The number of carbonyl (C=O) groups excluding carboxylic acids is 1. The fraction of sp³-hybridized carbons (Fsp3) is 0.267. The van der Waals surface area contributed by atoms with E-state index in [0.29, 0.717) is 32.7 Å². The van der Waals surface area contributed by atoms with E-state index in [4.69, 9.17) is 23.2 Å². The van der Waals surface area contributed by atoms with Crippen molar-refractivity contribution in [1.29, 1.82) is 0 Å². The lowest BCUT2D eigenvalue weighted by molar-refractivity contribution is -0.113. The maximum atomic E-state index is 12.1. The molecule has 26 heavy (non-hydrogen) atoms. The van der Waals surface area contributed by atoms with Crippen molar-refractivity contribution >= 4 is 57.3 Å². The molecule has 0 radical (unpaired) electrons. The largest absolute Gasteiger partial charge is 0.302 e. The zero-order valence-corrected chi connectivity index (χ0v) is 17.0.